The third kappa shape index (κ3) is 3.75. The smallest absolute Gasteiger partial charge is 0.227 e. The van der Waals surface area contributed by atoms with Gasteiger partial charge in [0, 0.05) is 30.8 Å². The van der Waals surface area contributed by atoms with Crippen LogP contribution in [0, 0.1) is 11.3 Å². The number of anilines is 2. The number of hydrogen-bond acceptors (Lipinski definition) is 4. The third-order valence-electron chi connectivity index (χ3n) is 4.62. The molecule has 132 valence electrons. The lowest BCUT2D eigenvalue weighted by atomic mass is 10.1. The Morgan fingerprint density at radius 3 is 2.81 bits per heavy atom. The number of Topliss-reactive ketones (excluding diaryl/α,β-unsaturated/α-hetero) is 1. The van der Waals surface area contributed by atoms with Crippen LogP contribution in [-0.2, 0) is 11.2 Å². The van der Waals surface area contributed by atoms with E-state index in [1.54, 1.807) is 18.2 Å². The SMILES string of the molecule is CC(=O)c1ccc(C#N)c(NCCCC(=O)N2CCc3ccccc32)c1. The Labute approximate surface area is 153 Å². The Kier molecular flexibility index (Phi) is 5.33. The van der Waals surface area contributed by atoms with Crippen molar-refractivity contribution in [1.29, 1.82) is 5.26 Å². The fourth-order valence-electron chi connectivity index (χ4n) is 3.20. The second-order valence-corrected chi connectivity index (χ2v) is 6.38. The van der Waals surface area contributed by atoms with Crippen LogP contribution in [0.2, 0.25) is 0 Å². The molecule has 0 fully saturated rings. The van der Waals surface area contributed by atoms with Gasteiger partial charge in [-0.1, -0.05) is 18.2 Å². The molecular weight excluding hydrogens is 326 g/mol. The van der Waals surface area contributed by atoms with Crippen LogP contribution >= 0.6 is 0 Å². The highest BCUT2D eigenvalue weighted by atomic mass is 16.2. The summed E-state index contributed by atoms with van der Waals surface area (Å²) in [6.07, 6.45) is 2.01. The van der Waals surface area contributed by atoms with Gasteiger partial charge in [0.25, 0.3) is 0 Å². The number of carbonyl (C=O) groups excluding carboxylic acids is 2. The van der Waals surface area contributed by atoms with E-state index in [1.807, 2.05) is 23.1 Å². The topological polar surface area (TPSA) is 73.2 Å². The average Bonchev–Trinajstić information content (AvgIpc) is 3.09. The van der Waals surface area contributed by atoms with Gasteiger partial charge in [-0.25, -0.2) is 0 Å². The predicted molar refractivity (Wildman–Crippen MR) is 101 cm³/mol. The van der Waals surface area contributed by atoms with Crippen molar-refractivity contribution in [1.82, 2.24) is 0 Å². The van der Waals surface area contributed by atoms with Crippen LogP contribution in [0.5, 0.6) is 0 Å². The lowest BCUT2D eigenvalue weighted by Crippen LogP contribution is -2.29. The minimum absolute atomic E-state index is 0.0413. The Morgan fingerprint density at radius 1 is 1.23 bits per heavy atom. The zero-order valence-electron chi connectivity index (χ0n) is 14.8. The molecule has 0 radical (unpaired) electrons. The van der Waals surface area contributed by atoms with Crippen molar-refractivity contribution in [2.75, 3.05) is 23.3 Å². The van der Waals surface area contributed by atoms with Gasteiger partial charge in [-0.15, -0.1) is 0 Å². The molecule has 0 saturated carbocycles. The number of nitrogens with one attached hydrogen (secondary N) is 1. The van der Waals surface area contributed by atoms with Gasteiger partial charge in [-0.3, -0.25) is 9.59 Å². The Morgan fingerprint density at radius 2 is 2.04 bits per heavy atom. The second-order valence-electron chi connectivity index (χ2n) is 6.38. The van der Waals surface area contributed by atoms with Gasteiger partial charge in [0.05, 0.1) is 11.3 Å². The quantitative estimate of drug-likeness (QED) is 0.641. The molecule has 0 bridgehead atoms. The number of nitriles is 1. The van der Waals surface area contributed by atoms with Crippen LogP contribution in [-0.4, -0.2) is 24.8 Å². The summed E-state index contributed by atoms with van der Waals surface area (Å²) in [4.78, 5) is 25.8. The Balaban J connectivity index is 1.55. The summed E-state index contributed by atoms with van der Waals surface area (Å²) in [6, 6.07) is 15.1. The van der Waals surface area contributed by atoms with E-state index in [-0.39, 0.29) is 11.7 Å². The van der Waals surface area contributed by atoms with E-state index < -0.39 is 0 Å². The molecule has 26 heavy (non-hydrogen) atoms. The number of rotatable bonds is 6. The van der Waals surface area contributed by atoms with Crippen LogP contribution in [0.1, 0.15) is 41.3 Å². The minimum atomic E-state index is -0.0413. The highest BCUT2D eigenvalue weighted by molar-refractivity contribution is 5.96. The number of para-hydroxylation sites is 1. The first-order valence-corrected chi connectivity index (χ1v) is 8.77. The van der Waals surface area contributed by atoms with Gasteiger partial charge < -0.3 is 10.2 Å². The van der Waals surface area contributed by atoms with E-state index in [0.717, 1.165) is 18.7 Å². The van der Waals surface area contributed by atoms with Gasteiger partial charge in [0.2, 0.25) is 5.91 Å². The molecule has 1 aliphatic heterocycles. The maximum absolute atomic E-state index is 12.5. The molecule has 0 aromatic heterocycles. The number of benzene rings is 2. The van der Waals surface area contributed by atoms with Crippen molar-refractivity contribution in [3.05, 3.63) is 59.2 Å². The highest BCUT2D eigenvalue weighted by Gasteiger charge is 2.23. The normalized spacial score (nSPS) is 12.4. The van der Waals surface area contributed by atoms with Crippen molar-refractivity contribution in [2.24, 2.45) is 0 Å². The summed E-state index contributed by atoms with van der Waals surface area (Å²) in [5, 5.41) is 12.4. The van der Waals surface area contributed by atoms with E-state index >= 15 is 0 Å². The fraction of sp³-hybridized carbons (Fsp3) is 0.286. The van der Waals surface area contributed by atoms with Crippen LogP contribution < -0.4 is 10.2 Å². The molecular formula is C21H21N3O2. The van der Waals surface area contributed by atoms with E-state index in [9.17, 15) is 14.9 Å². The monoisotopic (exact) mass is 347 g/mol. The van der Waals surface area contributed by atoms with Gasteiger partial charge in [-0.05, 0) is 49.6 Å². The molecule has 2 aromatic carbocycles. The van der Waals surface area contributed by atoms with E-state index in [0.29, 0.717) is 36.2 Å². The van der Waals surface area contributed by atoms with Gasteiger partial charge in [-0.2, -0.15) is 5.26 Å². The molecule has 0 aliphatic carbocycles. The van der Waals surface area contributed by atoms with Crippen molar-refractivity contribution in [2.45, 2.75) is 26.2 Å². The van der Waals surface area contributed by atoms with Gasteiger partial charge in [0.15, 0.2) is 5.78 Å². The van der Waals surface area contributed by atoms with Crippen molar-refractivity contribution in [3.8, 4) is 6.07 Å². The van der Waals surface area contributed by atoms with Crippen LogP contribution in [0.4, 0.5) is 11.4 Å². The molecule has 0 saturated heterocycles. The van der Waals surface area contributed by atoms with E-state index in [4.69, 9.17) is 0 Å². The molecule has 2 aromatic rings. The maximum atomic E-state index is 12.5. The van der Waals surface area contributed by atoms with E-state index in [1.165, 1.54) is 12.5 Å². The predicted octanol–water partition coefficient (Wildman–Crippen LogP) is 3.54. The molecule has 0 spiro atoms. The largest absolute Gasteiger partial charge is 0.384 e. The molecule has 0 atom stereocenters. The molecule has 1 aliphatic rings. The number of carbonyl (C=O) groups is 2. The van der Waals surface area contributed by atoms with Crippen LogP contribution in [0.25, 0.3) is 0 Å². The molecule has 1 amide bonds. The first kappa shape index (κ1) is 17.7. The van der Waals surface area contributed by atoms with Crippen LogP contribution in [0.15, 0.2) is 42.5 Å². The first-order valence-electron chi connectivity index (χ1n) is 8.77. The molecule has 3 rings (SSSR count). The third-order valence-corrected chi connectivity index (χ3v) is 4.62. The second kappa shape index (κ2) is 7.83. The standard InChI is InChI=1S/C21H21N3O2/c1-15(25)17-8-9-18(14-22)19(13-17)23-11-4-7-21(26)24-12-10-16-5-2-3-6-20(16)24/h2-3,5-6,8-9,13,23H,4,7,10-12H2,1H3. The summed E-state index contributed by atoms with van der Waals surface area (Å²) in [5.74, 6) is 0.0789. The summed E-state index contributed by atoms with van der Waals surface area (Å²) >= 11 is 0. The molecule has 1 heterocycles. The zero-order chi connectivity index (χ0) is 18.5. The van der Waals surface area contributed by atoms with E-state index in [2.05, 4.69) is 17.5 Å². The lowest BCUT2D eigenvalue weighted by molar-refractivity contribution is -0.118. The van der Waals surface area contributed by atoms with Gasteiger partial charge >= 0.3 is 0 Å². The first-order chi connectivity index (χ1) is 12.6. The maximum Gasteiger partial charge on any atom is 0.227 e. The number of nitrogens with zero attached hydrogens (tertiary/aromatic N) is 2. The number of amides is 1. The molecule has 1 N–H and O–H groups in total. The molecule has 5 heteroatoms. The number of hydrogen-bond donors (Lipinski definition) is 1. The van der Waals surface area contributed by atoms with Crippen molar-refractivity contribution >= 4 is 23.1 Å². The fourth-order valence-corrected chi connectivity index (χ4v) is 3.20. The summed E-state index contributed by atoms with van der Waals surface area (Å²) in [5.41, 5.74) is 3.94. The zero-order valence-corrected chi connectivity index (χ0v) is 14.8. The van der Waals surface area contributed by atoms with Gasteiger partial charge in [0.1, 0.15) is 6.07 Å². The summed E-state index contributed by atoms with van der Waals surface area (Å²) in [7, 11) is 0. The summed E-state index contributed by atoms with van der Waals surface area (Å²) < 4.78 is 0. The van der Waals surface area contributed by atoms with Crippen LogP contribution in [0.3, 0.4) is 0 Å². The minimum Gasteiger partial charge on any atom is -0.384 e. The highest BCUT2D eigenvalue weighted by Crippen LogP contribution is 2.28. The molecule has 5 nitrogen and oxygen atoms in total. The van der Waals surface area contributed by atoms with Crippen molar-refractivity contribution < 1.29 is 9.59 Å². The summed E-state index contributed by atoms with van der Waals surface area (Å²) in [6.45, 7) is 2.81. The molecule has 0 unspecified atom stereocenters. The average molecular weight is 347 g/mol. The Hall–Kier alpha value is -3.13. The lowest BCUT2D eigenvalue weighted by Gasteiger charge is -2.17. The number of fused-ring (bicyclic) bond motifs is 1. The number of ketones is 1. The van der Waals surface area contributed by atoms with Crippen molar-refractivity contribution in [3.63, 3.8) is 0 Å². The Bertz CT molecular complexity index is 883.